The van der Waals surface area contributed by atoms with Gasteiger partial charge in [0.25, 0.3) is 0 Å². The zero-order valence-corrected chi connectivity index (χ0v) is 12.9. The maximum absolute atomic E-state index is 12.3. The van der Waals surface area contributed by atoms with E-state index in [0.29, 0.717) is 26.1 Å². The van der Waals surface area contributed by atoms with E-state index in [0.717, 1.165) is 11.3 Å². The molecule has 0 amide bonds. The van der Waals surface area contributed by atoms with Gasteiger partial charge in [-0.05, 0) is 24.3 Å². The molecule has 0 spiro atoms. The molecule has 1 aliphatic rings. The van der Waals surface area contributed by atoms with Crippen LogP contribution >= 0.6 is 22.9 Å². The Morgan fingerprint density at radius 3 is 2.65 bits per heavy atom. The van der Waals surface area contributed by atoms with Gasteiger partial charge in [-0.2, -0.15) is 0 Å². The molecule has 0 saturated carbocycles. The quantitative estimate of drug-likeness (QED) is 0.851. The van der Waals surface area contributed by atoms with Gasteiger partial charge in [-0.3, -0.25) is 4.79 Å². The number of hydrogen-bond acceptors (Lipinski definition) is 5. The van der Waals surface area contributed by atoms with Crippen molar-refractivity contribution in [2.75, 3.05) is 13.2 Å². The Labute approximate surface area is 125 Å². The molecule has 1 aliphatic heterocycles. The first-order valence-electron chi connectivity index (χ1n) is 5.91. The minimum atomic E-state index is -3.84. The number of carboxylic acids is 1. The van der Waals surface area contributed by atoms with Crippen molar-refractivity contribution in [1.29, 1.82) is 0 Å². The zero-order chi connectivity index (χ0) is 14.8. The Morgan fingerprint density at radius 1 is 1.50 bits per heavy atom. The average molecular weight is 340 g/mol. The van der Waals surface area contributed by atoms with Crippen molar-refractivity contribution in [3.05, 3.63) is 15.8 Å². The van der Waals surface area contributed by atoms with Gasteiger partial charge in [-0.15, -0.1) is 11.3 Å². The van der Waals surface area contributed by atoms with Gasteiger partial charge in [0.1, 0.15) is 9.23 Å². The van der Waals surface area contributed by atoms with Gasteiger partial charge in [0.2, 0.25) is 10.0 Å². The van der Waals surface area contributed by atoms with Gasteiger partial charge in [0.05, 0.1) is 6.42 Å². The van der Waals surface area contributed by atoms with Crippen molar-refractivity contribution < 1.29 is 23.1 Å². The van der Waals surface area contributed by atoms with Gasteiger partial charge in [-0.25, -0.2) is 13.1 Å². The van der Waals surface area contributed by atoms with Crippen LogP contribution in [-0.2, 0) is 19.6 Å². The molecule has 0 atom stereocenters. The molecule has 0 bridgehead atoms. The number of hydrogen-bond donors (Lipinski definition) is 2. The second-order valence-electron chi connectivity index (χ2n) is 4.63. The van der Waals surface area contributed by atoms with Gasteiger partial charge in [-0.1, -0.05) is 11.6 Å². The molecule has 9 heteroatoms. The Balaban J connectivity index is 2.28. The Bertz CT molecular complexity index is 592. The first-order valence-corrected chi connectivity index (χ1v) is 8.65. The monoisotopic (exact) mass is 339 g/mol. The molecule has 0 unspecified atom stereocenters. The third-order valence-electron chi connectivity index (χ3n) is 3.16. The summed E-state index contributed by atoms with van der Waals surface area (Å²) in [4.78, 5) is 11.0. The van der Waals surface area contributed by atoms with Gasteiger partial charge >= 0.3 is 5.97 Å². The molecule has 6 nitrogen and oxygen atoms in total. The number of sulfonamides is 1. The van der Waals surface area contributed by atoms with Crippen molar-refractivity contribution >= 4 is 38.9 Å². The SMILES string of the molecule is O=C(O)CC1(NS(=O)(=O)c2ccsc2Cl)CCOCC1. The first-order chi connectivity index (χ1) is 9.35. The van der Waals surface area contributed by atoms with E-state index in [1.165, 1.54) is 6.07 Å². The summed E-state index contributed by atoms with van der Waals surface area (Å²) >= 11 is 6.96. The molecule has 2 rings (SSSR count). The lowest BCUT2D eigenvalue weighted by Gasteiger charge is -2.36. The molecular formula is C11H14ClNO5S2. The van der Waals surface area contributed by atoms with Crippen LogP contribution in [0.2, 0.25) is 4.34 Å². The number of carboxylic acid groups (broad SMARTS) is 1. The van der Waals surface area contributed by atoms with Crippen molar-refractivity contribution in [2.45, 2.75) is 29.7 Å². The lowest BCUT2D eigenvalue weighted by atomic mass is 9.88. The van der Waals surface area contributed by atoms with Gasteiger partial charge in [0, 0.05) is 18.8 Å². The van der Waals surface area contributed by atoms with E-state index >= 15 is 0 Å². The van der Waals surface area contributed by atoms with Crippen molar-refractivity contribution in [2.24, 2.45) is 0 Å². The first kappa shape index (κ1) is 15.7. The van der Waals surface area contributed by atoms with E-state index in [1.54, 1.807) is 5.38 Å². The normalized spacial score (nSPS) is 18.9. The molecule has 0 aromatic carbocycles. The molecule has 1 fully saturated rings. The maximum Gasteiger partial charge on any atom is 0.305 e. The molecule has 112 valence electrons. The fourth-order valence-corrected chi connectivity index (χ4v) is 5.19. The number of rotatable bonds is 5. The zero-order valence-electron chi connectivity index (χ0n) is 10.5. The summed E-state index contributed by atoms with van der Waals surface area (Å²) in [7, 11) is -3.84. The highest BCUT2D eigenvalue weighted by atomic mass is 35.5. The highest BCUT2D eigenvalue weighted by Crippen LogP contribution is 2.31. The molecular weight excluding hydrogens is 326 g/mol. The second kappa shape index (κ2) is 5.98. The molecule has 0 aliphatic carbocycles. The van der Waals surface area contributed by atoms with E-state index < -0.39 is 21.5 Å². The van der Waals surface area contributed by atoms with Crippen LogP contribution in [0.3, 0.4) is 0 Å². The van der Waals surface area contributed by atoms with Crippen LogP contribution in [-0.4, -0.2) is 38.2 Å². The molecule has 1 aromatic heterocycles. The third kappa shape index (κ3) is 3.50. The maximum atomic E-state index is 12.3. The molecule has 20 heavy (non-hydrogen) atoms. The summed E-state index contributed by atoms with van der Waals surface area (Å²) in [5.41, 5.74) is -1.02. The topological polar surface area (TPSA) is 92.7 Å². The predicted octanol–water partition coefficient (Wildman–Crippen LogP) is 1.70. The molecule has 0 radical (unpaired) electrons. The largest absolute Gasteiger partial charge is 0.481 e. The van der Waals surface area contributed by atoms with Gasteiger partial charge in [0.15, 0.2) is 0 Å². The minimum absolute atomic E-state index is 0.0135. The highest BCUT2D eigenvalue weighted by Gasteiger charge is 2.39. The number of carbonyl (C=O) groups is 1. The van der Waals surface area contributed by atoms with Crippen LogP contribution in [0.25, 0.3) is 0 Å². The van der Waals surface area contributed by atoms with Crippen molar-refractivity contribution in [1.82, 2.24) is 4.72 Å². The highest BCUT2D eigenvalue weighted by molar-refractivity contribution is 7.89. The molecule has 1 aromatic rings. The standard InChI is InChI=1S/C11H14ClNO5S2/c12-10-8(1-6-19-10)20(16,17)13-11(7-9(14)15)2-4-18-5-3-11/h1,6,13H,2-5,7H2,(H,14,15). The van der Waals surface area contributed by atoms with Crippen LogP contribution in [0, 0.1) is 0 Å². The van der Waals surface area contributed by atoms with E-state index in [9.17, 15) is 13.2 Å². The van der Waals surface area contributed by atoms with Crippen molar-refractivity contribution in [3.63, 3.8) is 0 Å². The van der Waals surface area contributed by atoms with Crippen LogP contribution in [0.5, 0.6) is 0 Å². The second-order valence-corrected chi connectivity index (χ2v) is 7.80. The Hall–Kier alpha value is -0.670. The average Bonchev–Trinajstić information content (AvgIpc) is 2.75. The lowest BCUT2D eigenvalue weighted by molar-refractivity contribution is -0.139. The van der Waals surface area contributed by atoms with Crippen LogP contribution in [0.1, 0.15) is 19.3 Å². The number of aliphatic carboxylic acids is 1. The summed E-state index contributed by atoms with van der Waals surface area (Å²) in [6.45, 7) is 0.653. The summed E-state index contributed by atoms with van der Waals surface area (Å²) in [6.07, 6.45) is 0.359. The Kier molecular flexibility index (Phi) is 4.70. The number of thiophene rings is 1. The Morgan fingerprint density at radius 2 is 2.15 bits per heavy atom. The van der Waals surface area contributed by atoms with E-state index in [1.807, 2.05) is 0 Å². The van der Waals surface area contributed by atoms with Crippen molar-refractivity contribution in [3.8, 4) is 0 Å². The third-order valence-corrected chi connectivity index (χ3v) is 6.20. The predicted molar refractivity (Wildman–Crippen MR) is 74.7 cm³/mol. The summed E-state index contributed by atoms with van der Waals surface area (Å²) < 4.78 is 32.6. The van der Waals surface area contributed by atoms with E-state index in [2.05, 4.69) is 4.72 Å². The smallest absolute Gasteiger partial charge is 0.305 e. The van der Waals surface area contributed by atoms with Crippen LogP contribution in [0.15, 0.2) is 16.3 Å². The van der Waals surface area contributed by atoms with E-state index in [-0.39, 0.29) is 15.7 Å². The number of ether oxygens (including phenoxy) is 1. The van der Waals surface area contributed by atoms with Gasteiger partial charge < -0.3 is 9.84 Å². The van der Waals surface area contributed by atoms with Crippen LogP contribution in [0.4, 0.5) is 0 Å². The summed E-state index contributed by atoms with van der Waals surface area (Å²) in [5.74, 6) is -1.05. The summed E-state index contributed by atoms with van der Waals surface area (Å²) in [5, 5.41) is 10.6. The molecule has 1 saturated heterocycles. The number of halogens is 1. The van der Waals surface area contributed by atoms with E-state index in [4.69, 9.17) is 21.4 Å². The fraction of sp³-hybridized carbons (Fsp3) is 0.545. The minimum Gasteiger partial charge on any atom is -0.481 e. The molecule has 2 N–H and O–H groups in total. The number of nitrogens with one attached hydrogen (secondary N) is 1. The fourth-order valence-electron chi connectivity index (χ4n) is 2.18. The lowest BCUT2D eigenvalue weighted by Crippen LogP contribution is -2.53. The van der Waals surface area contributed by atoms with Crippen LogP contribution < -0.4 is 4.72 Å². The summed E-state index contributed by atoms with van der Waals surface area (Å²) in [6, 6.07) is 1.41. The molecule has 2 heterocycles.